The van der Waals surface area contributed by atoms with E-state index in [0.717, 1.165) is 17.6 Å². The van der Waals surface area contributed by atoms with E-state index in [-0.39, 0.29) is 11.8 Å². The molecule has 2 aromatic heterocycles. The Morgan fingerprint density at radius 3 is 3.00 bits per heavy atom. The van der Waals surface area contributed by atoms with Crippen molar-refractivity contribution in [3.63, 3.8) is 0 Å². The SMILES string of the molecule is CC(C)c1noc2ncc(C(=O)NCC3CC3)cc12. The molecule has 1 amide bonds. The van der Waals surface area contributed by atoms with Gasteiger partial charge in [0.05, 0.1) is 16.6 Å². The Bertz CT molecular complexity index is 614. The Labute approximate surface area is 111 Å². The summed E-state index contributed by atoms with van der Waals surface area (Å²) in [5, 5.41) is 7.77. The summed E-state index contributed by atoms with van der Waals surface area (Å²) in [6, 6.07) is 1.82. The summed E-state index contributed by atoms with van der Waals surface area (Å²) in [5.41, 5.74) is 1.90. The van der Waals surface area contributed by atoms with E-state index in [1.54, 1.807) is 6.20 Å². The maximum atomic E-state index is 12.0. The second-order valence-electron chi connectivity index (χ2n) is 5.45. The number of hydrogen-bond acceptors (Lipinski definition) is 4. The number of aromatic nitrogens is 2. The highest BCUT2D eigenvalue weighted by Crippen LogP contribution is 2.28. The van der Waals surface area contributed by atoms with Crippen LogP contribution in [0.5, 0.6) is 0 Å². The molecule has 2 heterocycles. The van der Waals surface area contributed by atoms with E-state index in [4.69, 9.17) is 4.52 Å². The molecule has 1 fully saturated rings. The number of amides is 1. The van der Waals surface area contributed by atoms with Crippen LogP contribution < -0.4 is 5.32 Å². The molecule has 1 saturated carbocycles. The Balaban J connectivity index is 1.86. The number of carbonyl (C=O) groups is 1. The predicted molar refractivity (Wildman–Crippen MR) is 71.0 cm³/mol. The normalized spacial score (nSPS) is 15.1. The van der Waals surface area contributed by atoms with Crippen molar-refractivity contribution in [3.8, 4) is 0 Å². The Morgan fingerprint density at radius 1 is 1.53 bits per heavy atom. The summed E-state index contributed by atoms with van der Waals surface area (Å²) in [7, 11) is 0. The molecule has 0 unspecified atom stereocenters. The quantitative estimate of drug-likeness (QED) is 0.916. The Kier molecular flexibility index (Phi) is 2.97. The fourth-order valence-corrected chi connectivity index (χ4v) is 2.05. The molecular formula is C14H17N3O2. The van der Waals surface area contributed by atoms with Crippen molar-refractivity contribution in [3.05, 3.63) is 23.5 Å². The van der Waals surface area contributed by atoms with E-state index in [2.05, 4.69) is 15.5 Å². The zero-order valence-electron chi connectivity index (χ0n) is 11.1. The topological polar surface area (TPSA) is 68.0 Å². The highest BCUT2D eigenvalue weighted by molar-refractivity contribution is 5.97. The molecule has 0 radical (unpaired) electrons. The van der Waals surface area contributed by atoms with Crippen LogP contribution in [0.25, 0.3) is 11.1 Å². The average molecular weight is 259 g/mol. The summed E-state index contributed by atoms with van der Waals surface area (Å²) < 4.78 is 5.16. The fraction of sp³-hybridized carbons (Fsp3) is 0.500. The molecular weight excluding hydrogens is 242 g/mol. The van der Waals surface area contributed by atoms with Gasteiger partial charge >= 0.3 is 0 Å². The Morgan fingerprint density at radius 2 is 2.32 bits per heavy atom. The molecule has 0 spiro atoms. The molecule has 0 saturated heterocycles. The number of hydrogen-bond donors (Lipinski definition) is 1. The van der Waals surface area contributed by atoms with E-state index < -0.39 is 0 Å². The zero-order chi connectivity index (χ0) is 13.4. The molecule has 19 heavy (non-hydrogen) atoms. The van der Waals surface area contributed by atoms with Gasteiger partial charge in [-0.1, -0.05) is 19.0 Å². The van der Waals surface area contributed by atoms with Gasteiger partial charge in [-0.25, -0.2) is 4.98 Å². The molecule has 100 valence electrons. The van der Waals surface area contributed by atoms with Gasteiger partial charge in [-0.2, -0.15) is 0 Å². The first-order valence-corrected chi connectivity index (χ1v) is 6.68. The minimum atomic E-state index is -0.0720. The van der Waals surface area contributed by atoms with Crippen molar-refractivity contribution in [1.82, 2.24) is 15.5 Å². The lowest BCUT2D eigenvalue weighted by Crippen LogP contribution is -2.25. The van der Waals surface area contributed by atoms with Gasteiger partial charge in [0.15, 0.2) is 0 Å². The van der Waals surface area contributed by atoms with Crippen LogP contribution >= 0.6 is 0 Å². The molecule has 1 aliphatic rings. The van der Waals surface area contributed by atoms with Crippen LogP contribution in [-0.4, -0.2) is 22.6 Å². The van der Waals surface area contributed by atoms with Gasteiger partial charge in [0.25, 0.3) is 11.6 Å². The smallest absolute Gasteiger partial charge is 0.257 e. The first kappa shape index (κ1) is 12.1. The van der Waals surface area contributed by atoms with E-state index >= 15 is 0 Å². The second-order valence-corrected chi connectivity index (χ2v) is 5.45. The maximum Gasteiger partial charge on any atom is 0.257 e. The van der Waals surface area contributed by atoms with Crippen molar-refractivity contribution in [2.45, 2.75) is 32.6 Å². The molecule has 1 aliphatic carbocycles. The monoisotopic (exact) mass is 259 g/mol. The van der Waals surface area contributed by atoms with E-state index in [0.29, 0.717) is 17.2 Å². The molecule has 5 heteroatoms. The Hall–Kier alpha value is -1.91. The van der Waals surface area contributed by atoms with Crippen LogP contribution in [0.1, 0.15) is 48.7 Å². The van der Waals surface area contributed by atoms with Crippen LogP contribution in [0.15, 0.2) is 16.8 Å². The number of nitrogens with zero attached hydrogens (tertiary/aromatic N) is 2. The minimum absolute atomic E-state index is 0.0720. The zero-order valence-corrected chi connectivity index (χ0v) is 11.1. The molecule has 1 N–H and O–H groups in total. The highest BCUT2D eigenvalue weighted by Gasteiger charge is 2.22. The van der Waals surface area contributed by atoms with Crippen molar-refractivity contribution < 1.29 is 9.32 Å². The van der Waals surface area contributed by atoms with Crippen molar-refractivity contribution in [1.29, 1.82) is 0 Å². The van der Waals surface area contributed by atoms with Gasteiger partial charge < -0.3 is 9.84 Å². The summed E-state index contributed by atoms with van der Waals surface area (Å²) in [6.07, 6.45) is 3.99. The third-order valence-electron chi connectivity index (χ3n) is 3.41. The van der Waals surface area contributed by atoms with E-state index in [1.165, 1.54) is 12.8 Å². The molecule has 3 rings (SSSR count). The van der Waals surface area contributed by atoms with Crippen LogP contribution in [0, 0.1) is 5.92 Å². The molecule has 0 bridgehead atoms. The first-order valence-electron chi connectivity index (χ1n) is 6.68. The van der Waals surface area contributed by atoms with Gasteiger partial charge in [0.1, 0.15) is 0 Å². The molecule has 0 aromatic carbocycles. The number of pyridine rings is 1. The summed E-state index contributed by atoms with van der Waals surface area (Å²) in [6.45, 7) is 4.84. The standard InChI is InChI=1S/C14H17N3O2/c1-8(2)12-11-5-10(7-16-14(11)19-17-12)13(18)15-6-9-3-4-9/h5,7-9H,3-4,6H2,1-2H3,(H,15,18). The van der Waals surface area contributed by atoms with Crippen LogP contribution in [0.4, 0.5) is 0 Å². The van der Waals surface area contributed by atoms with E-state index in [9.17, 15) is 4.79 Å². The van der Waals surface area contributed by atoms with Crippen molar-refractivity contribution in [2.24, 2.45) is 5.92 Å². The molecule has 0 aliphatic heterocycles. The van der Waals surface area contributed by atoms with Crippen LogP contribution in [0.2, 0.25) is 0 Å². The lowest BCUT2D eigenvalue weighted by Gasteiger charge is -2.04. The summed E-state index contributed by atoms with van der Waals surface area (Å²) in [4.78, 5) is 16.2. The predicted octanol–water partition coefficient (Wildman–Crippen LogP) is 2.49. The van der Waals surface area contributed by atoms with Crippen molar-refractivity contribution in [2.75, 3.05) is 6.54 Å². The lowest BCUT2D eigenvalue weighted by atomic mass is 10.1. The third-order valence-corrected chi connectivity index (χ3v) is 3.41. The second kappa shape index (κ2) is 4.64. The fourth-order valence-electron chi connectivity index (χ4n) is 2.05. The van der Waals surface area contributed by atoms with Crippen molar-refractivity contribution >= 4 is 17.0 Å². The third kappa shape index (κ3) is 2.45. The molecule has 0 atom stereocenters. The molecule has 5 nitrogen and oxygen atoms in total. The summed E-state index contributed by atoms with van der Waals surface area (Å²) >= 11 is 0. The lowest BCUT2D eigenvalue weighted by molar-refractivity contribution is 0.0951. The van der Waals surface area contributed by atoms with Gasteiger partial charge in [-0.15, -0.1) is 0 Å². The van der Waals surface area contributed by atoms with Crippen LogP contribution in [0.3, 0.4) is 0 Å². The van der Waals surface area contributed by atoms with Gasteiger partial charge in [-0.3, -0.25) is 4.79 Å². The number of carbonyl (C=O) groups excluding carboxylic acids is 1. The molecule has 2 aromatic rings. The number of rotatable bonds is 4. The van der Waals surface area contributed by atoms with Gasteiger partial charge in [0, 0.05) is 12.7 Å². The average Bonchev–Trinajstić information content (AvgIpc) is 3.12. The largest absolute Gasteiger partial charge is 0.352 e. The minimum Gasteiger partial charge on any atom is -0.352 e. The van der Waals surface area contributed by atoms with Gasteiger partial charge in [-0.05, 0) is 30.7 Å². The number of fused-ring (bicyclic) bond motifs is 1. The van der Waals surface area contributed by atoms with Crippen LogP contribution in [-0.2, 0) is 0 Å². The van der Waals surface area contributed by atoms with Gasteiger partial charge in [0.2, 0.25) is 0 Å². The maximum absolute atomic E-state index is 12.0. The first-order chi connectivity index (χ1) is 9.15. The van der Waals surface area contributed by atoms with E-state index in [1.807, 2.05) is 19.9 Å². The number of nitrogens with one attached hydrogen (secondary N) is 1. The highest BCUT2D eigenvalue weighted by atomic mass is 16.5. The summed E-state index contributed by atoms with van der Waals surface area (Å²) in [5.74, 6) is 0.840.